The highest BCUT2D eigenvalue weighted by atomic mass is 15.1. The molecule has 1 atom stereocenters. The van der Waals surface area contributed by atoms with Gasteiger partial charge in [0.15, 0.2) is 0 Å². The van der Waals surface area contributed by atoms with Crippen LogP contribution in [0.4, 0.5) is 5.69 Å². The molecular weight excluding hydrogens is 208 g/mol. The zero-order valence-electron chi connectivity index (χ0n) is 10.9. The molecule has 2 heterocycles. The van der Waals surface area contributed by atoms with Crippen LogP contribution in [0.2, 0.25) is 0 Å². The first-order valence-corrected chi connectivity index (χ1v) is 6.84. The third-order valence-corrected chi connectivity index (χ3v) is 4.45. The Labute approximate surface area is 104 Å². The second-order valence-electron chi connectivity index (χ2n) is 5.48. The fraction of sp³-hybridized carbons (Fsp3) is 0.600. The molecule has 1 aromatic rings. The molecule has 0 radical (unpaired) electrons. The molecule has 0 N–H and O–H groups in total. The van der Waals surface area contributed by atoms with E-state index in [1.165, 1.54) is 44.6 Å². The normalized spacial score (nSPS) is 25.1. The molecule has 0 aliphatic carbocycles. The zero-order valence-corrected chi connectivity index (χ0v) is 10.9. The van der Waals surface area contributed by atoms with E-state index in [9.17, 15) is 0 Å². The van der Waals surface area contributed by atoms with Crippen molar-refractivity contribution in [3.8, 4) is 0 Å². The van der Waals surface area contributed by atoms with Crippen molar-refractivity contribution < 1.29 is 0 Å². The summed E-state index contributed by atoms with van der Waals surface area (Å²) >= 11 is 0. The molecule has 2 nitrogen and oxygen atoms in total. The largest absolute Gasteiger partial charge is 0.372 e. The quantitative estimate of drug-likeness (QED) is 0.732. The molecule has 0 saturated carbocycles. The second kappa shape index (κ2) is 4.34. The number of anilines is 1. The Kier molecular flexibility index (Phi) is 2.83. The molecule has 1 aromatic carbocycles. The highest BCUT2D eigenvalue weighted by molar-refractivity contribution is 5.53. The van der Waals surface area contributed by atoms with Crippen molar-refractivity contribution >= 4 is 5.69 Å². The molecular formula is C15H22N2. The monoisotopic (exact) mass is 230 g/mol. The Balaban J connectivity index is 1.94. The van der Waals surface area contributed by atoms with E-state index >= 15 is 0 Å². The number of benzene rings is 1. The second-order valence-corrected chi connectivity index (χ2v) is 5.48. The zero-order chi connectivity index (χ0) is 11.8. The van der Waals surface area contributed by atoms with Gasteiger partial charge in [0.05, 0.1) is 0 Å². The van der Waals surface area contributed by atoms with Gasteiger partial charge in [0, 0.05) is 31.4 Å². The Morgan fingerprint density at radius 3 is 2.65 bits per heavy atom. The van der Waals surface area contributed by atoms with Gasteiger partial charge in [0.1, 0.15) is 0 Å². The molecule has 2 aliphatic heterocycles. The Morgan fingerprint density at radius 1 is 1.12 bits per heavy atom. The van der Waals surface area contributed by atoms with Crippen molar-refractivity contribution in [1.82, 2.24) is 4.90 Å². The SMILES string of the molecule is CC1c2cc(N3CCCC3)ccc2CCN1C. The van der Waals surface area contributed by atoms with Gasteiger partial charge in [-0.15, -0.1) is 0 Å². The molecule has 2 heteroatoms. The maximum absolute atomic E-state index is 2.53. The predicted molar refractivity (Wildman–Crippen MR) is 72.6 cm³/mol. The van der Waals surface area contributed by atoms with Gasteiger partial charge >= 0.3 is 0 Å². The van der Waals surface area contributed by atoms with Crippen LogP contribution >= 0.6 is 0 Å². The van der Waals surface area contributed by atoms with Gasteiger partial charge < -0.3 is 4.90 Å². The van der Waals surface area contributed by atoms with Crippen molar-refractivity contribution in [2.24, 2.45) is 0 Å². The van der Waals surface area contributed by atoms with Gasteiger partial charge in [0.2, 0.25) is 0 Å². The predicted octanol–water partition coefficient (Wildman–Crippen LogP) is 2.84. The standard InChI is InChI=1S/C15H22N2/c1-12-15-11-14(17-8-3-4-9-17)6-5-13(15)7-10-16(12)2/h5-6,11-12H,3-4,7-10H2,1-2H3. The first-order chi connectivity index (χ1) is 8.25. The van der Waals surface area contributed by atoms with Gasteiger partial charge in [-0.2, -0.15) is 0 Å². The number of fused-ring (bicyclic) bond motifs is 1. The average Bonchev–Trinajstić information content (AvgIpc) is 2.87. The summed E-state index contributed by atoms with van der Waals surface area (Å²) in [4.78, 5) is 4.98. The number of hydrogen-bond donors (Lipinski definition) is 0. The minimum Gasteiger partial charge on any atom is -0.372 e. The Hall–Kier alpha value is -1.02. The van der Waals surface area contributed by atoms with Crippen LogP contribution in [0.5, 0.6) is 0 Å². The molecule has 1 unspecified atom stereocenters. The van der Waals surface area contributed by atoms with Crippen molar-refractivity contribution in [2.75, 3.05) is 31.6 Å². The molecule has 0 spiro atoms. The van der Waals surface area contributed by atoms with Crippen LogP contribution in [0.25, 0.3) is 0 Å². The molecule has 17 heavy (non-hydrogen) atoms. The fourth-order valence-electron chi connectivity index (χ4n) is 3.10. The number of likely N-dealkylation sites (N-methyl/N-ethyl adjacent to an activating group) is 1. The lowest BCUT2D eigenvalue weighted by Crippen LogP contribution is -2.30. The molecule has 0 bridgehead atoms. The molecule has 2 aliphatic rings. The number of rotatable bonds is 1. The maximum atomic E-state index is 2.53. The number of nitrogens with zero attached hydrogens (tertiary/aromatic N) is 2. The van der Waals surface area contributed by atoms with Gasteiger partial charge in [0.25, 0.3) is 0 Å². The van der Waals surface area contributed by atoms with E-state index in [1.807, 2.05) is 0 Å². The Bertz CT molecular complexity index is 407. The first kappa shape index (κ1) is 11.1. The number of hydrogen-bond acceptors (Lipinski definition) is 2. The van der Waals surface area contributed by atoms with Crippen LogP contribution in [0.1, 0.15) is 36.9 Å². The summed E-state index contributed by atoms with van der Waals surface area (Å²) in [6.45, 7) is 6.00. The van der Waals surface area contributed by atoms with Crippen molar-refractivity contribution in [3.63, 3.8) is 0 Å². The lowest BCUT2D eigenvalue weighted by molar-refractivity contribution is 0.247. The van der Waals surface area contributed by atoms with Crippen LogP contribution in [-0.2, 0) is 6.42 Å². The minimum atomic E-state index is 0.571. The summed E-state index contributed by atoms with van der Waals surface area (Å²) in [5.41, 5.74) is 4.53. The lowest BCUT2D eigenvalue weighted by atomic mass is 9.93. The van der Waals surface area contributed by atoms with Gasteiger partial charge in [-0.05, 0) is 56.5 Å². The smallest absolute Gasteiger partial charge is 0.0369 e. The maximum Gasteiger partial charge on any atom is 0.0369 e. The third kappa shape index (κ3) is 1.95. The molecule has 0 aromatic heterocycles. The van der Waals surface area contributed by atoms with Crippen LogP contribution in [-0.4, -0.2) is 31.6 Å². The van der Waals surface area contributed by atoms with Crippen LogP contribution in [0.15, 0.2) is 18.2 Å². The van der Waals surface area contributed by atoms with E-state index in [4.69, 9.17) is 0 Å². The third-order valence-electron chi connectivity index (χ3n) is 4.45. The summed E-state index contributed by atoms with van der Waals surface area (Å²) in [6.07, 6.45) is 3.91. The van der Waals surface area contributed by atoms with Crippen molar-refractivity contribution in [1.29, 1.82) is 0 Å². The molecule has 0 amide bonds. The Morgan fingerprint density at radius 2 is 1.88 bits per heavy atom. The van der Waals surface area contributed by atoms with E-state index in [1.54, 1.807) is 11.1 Å². The first-order valence-electron chi connectivity index (χ1n) is 6.84. The van der Waals surface area contributed by atoms with E-state index in [2.05, 4.69) is 42.0 Å². The topological polar surface area (TPSA) is 6.48 Å². The summed E-state index contributed by atoms with van der Waals surface area (Å²) in [6, 6.07) is 7.68. The van der Waals surface area contributed by atoms with Crippen LogP contribution in [0.3, 0.4) is 0 Å². The van der Waals surface area contributed by atoms with Gasteiger partial charge in [-0.3, -0.25) is 4.90 Å². The minimum absolute atomic E-state index is 0.571. The van der Waals surface area contributed by atoms with Crippen LogP contribution in [0, 0.1) is 0 Å². The fourth-order valence-corrected chi connectivity index (χ4v) is 3.10. The summed E-state index contributed by atoms with van der Waals surface area (Å²) < 4.78 is 0. The molecule has 92 valence electrons. The van der Waals surface area contributed by atoms with Gasteiger partial charge in [-0.25, -0.2) is 0 Å². The van der Waals surface area contributed by atoms with Crippen LogP contribution < -0.4 is 4.90 Å². The van der Waals surface area contributed by atoms with Gasteiger partial charge in [-0.1, -0.05) is 6.07 Å². The van der Waals surface area contributed by atoms with E-state index in [0.29, 0.717) is 6.04 Å². The summed E-state index contributed by atoms with van der Waals surface area (Å²) in [7, 11) is 2.23. The van der Waals surface area contributed by atoms with Crippen molar-refractivity contribution in [3.05, 3.63) is 29.3 Å². The summed E-state index contributed by atoms with van der Waals surface area (Å²) in [5.74, 6) is 0. The molecule has 3 rings (SSSR count). The van der Waals surface area contributed by atoms with E-state index < -0.39 is 0 Å². The highest BCUT2D eigenvalue weighted by Crippen LogP contribution is 2.32. The summed E-state index contributed by atoms with van der Waals surface area (Å²) in [5, 5.41) is 0. The molecule has 1 fully saturated rings. The average molecular weight is 230 g/mol. The molecule has 1 saturated heterocycles. The lowest BCUT2D eigenvalue weighted by Gasteiger charge is -2.33. The van der Waals surface area contributed by atoms with Crippen molar-refractivity contribution in [2.45, 2.75) is 32.2 Å². The van der Waals surface area contributed by atoms with E-state index in [-0.39, 0.29) is 0 Å². The van der Waals surface area contributed by atoms with E-state index in [0.717, 1.165) is 0 Å². The highest BCUT2D eigenvalue weighted by Gasteiger charge is 2.22.